The van der Waals surface area contributed by atoms with Gasteiger partial charge in [-0.1, -0.05) is 18.2 Å². The van der Waals surface area contributed by atoms with E-state index in [4.69, 9.17) is 5.73 Å². The molecular formula is C18H15FN2OS. The first kappa shape index (κ1) is 14.4. The standard InChI is InChI=1S/C18H15FN2OS/c19-14-6-4-10(8-15(14)20)18-21-9-17(23-18)13-3-1-2-12-11(13)5-7-16(12)22/h1-4,6,8-9,16,22H,5,7,20H2/t16-/m0/s1. The van der Waals surface area contributed by atoms with E-state index in [-0.39, 0.29) is 11.8 Å². The number of nitrogens with zero attached hydrogens (tertiary/aromatic N) is 1. The average molecular weight is 326 g/mol. The summed E-state index contributed by atoms with van der Waals surface area (Å²) in [5.74, 6) is -0.416. The Hall–Kier alpha value is -2.24. The van der Waals surface area contributed by atoms with Crippen LogP contribution in [0.25, 0.3) is 21.0 Å². The summed E-state index contributed by atoms with van der Waals surface area (Å²) in [5.41, 5.74) is 9.92. The van der Waals surface area contributed by atoms with Gasteiger partial charge in [-0.2, -0.15) is 0 Å². The molecule has 1 aromatic heterocycles. The molecule has 0 fully saturated rings. The van der Waals surface area contributed by atoms with Crippen molar-refractivity contribution in [2.24, 2.45) is 0 Å². The Kier molecular flexibility index (Phi) is 3.39. The van der Waals surface area contributed by atoms with E-state index < -0.39 is 5.82 Å². The number of rotatable bonds is 2. The molecule has 5 heteroatoms. The molecule has 0 aliphatic heterocycles. The van der Waals surface area contributed by atoms with Crippen molar-refractivity contribution in [3.63, 3.8) is 0 Å². The molecule has 0 saturated heterocycles. The van der Waals surface area contributed by atoms with Crippen molar-refractivity contribution in [1.29, 1.82) is 0 Å². The van der Waals surface area contributed by atoms with Crippen molar-refractivity contribution in [3.05, 3.63) is 59.5 Å². The highest BCUT2D eigenvalue weighted by Crippen LogP contribution is 2.40. The van der Waals surface area contributed by atoms with E-state index in [1.807, 2.05) is 18.3 Å². The van der Waals surface area contributed by atoms with Gasteiger partial charge >= 0.3 is 0 Å². The summed E-state index contributed by atoms with van der Waals surface area (Å²) in [5, 5.41) is 10.8. The highest BCUT2D eigenvalue weighted by atomic mass is 32.1. The van der Waals surface area contributed by atoms with Crippen molar-refractivity contribution in [2.45, 2.75) is 18.9 Å². The van der Waals surface area contributed by atoms with E-state index >= 15 is 0 Å². The van der Waals surface area contributed by atoms with Crippen molar-refractivity contribution < 1.29 is 9.50 Å². The largest absolute Gasteiger partial charge is 0.396 e. The highest BCUT2D eigenvalue weighted by Gasteiger charge is 2.23. The van der Waals surface area contributed by atoms with Gasteiger partial charge < -0.3 is 10.8 Å². The van der Waals surface area contributed by atoms with Crippen molar-refractivity contribution in [1.82, 2.24) is 4.98 Å². The number of halogens is 1. The number of nitrogens with two attached hydrogens (primary N) is 1. The lowest BCUT2D eigenvalue weighted by atomic mass is 10.0. The molecule has 0 spiro atoms. The van der Waals surface area contributed by atoms with Crippen LogP contribution in [0.2, 0.25) is 0 Å². The number of fused-ring (bicyclic) bond motifs is 1. The molecule has 0 saturated carbocycles. The third-order valence-electron chi connectivity index (χ3n) is 4.25. The minimum absolute atomic E-state index is 0.128. The zero-order chi connectivity index (χ0) is 16.0. The topological polar surface area (TPSA) is 59.1 Å². The number of aliphatic hydroxyl groups excluding tert-OH is 1. The van der Waals surface area contributed by atoms with E-state index in [0.717, 1.165) is 39.4 Å². The zero-order valence-corrected chi connectivity index (χ0v) is 13.1. The predicted octanol–water partition coefficient (Wildman–Crippen LogP) is 4.18. The lowest BCUT2D eigenvalue weighted by Crippen LogP contribution is -1.90. The Morgan fingerprint density at radius 3 is 2.96 bits per heavy atom. The van der Waals surface area contributed by atoms with Gasteiger partial charge in [0.1, 0.15) is 10.8 Å². The molecule has 1 aliphatic rings. The van der Waals surface area contributed by atoms with E-state index in [0.29, 0.717) is 0 Å². The maximum absolute atomic E-state index is 13.3. The van der Waals surface area contributed by atoms with Gasteiger partial charge in [0, 0.05) is 11.8 Å². The fourth-order valence-corrected chi connectivity index (χ4v) is 4.04. The number of aliphatic hydroxyl groups is 1. The molecule has 116 valence electrons. The first-order valence-electron chi connectivity index (χ1n) is 7.45. The second-order valence-corrected chi connectivity index (χ2v) is 6.72. The molecule has 0 radical (unpaired) electrons. The Labute approximate surface area is 137 Å². The Morgan fingerprint density at radius 2 is 2.13 bits per heavy atom. The van der Waals surface area contributed by atoms with Crippen LogP contribution in [0.1, 0.15) is 23.7 Å². The molecule has 3 nitrogen and oxygen atoms in total. The summed E-state index contributed by atoms with van der Waals surface area (Å²) >= 11 is 1.55. The van der Waals surface area contributed by atoms with Crippen LogP contribution in [0.4, 0.5) is 10.1 Å². The summed E-state index contributed by atoms with van der Waals surface area (Å²) in [6, 6.07) is 10.7. The Bertz CT molecular complexity index is 890. The van der Waals surface area contributed by atoms with Crippen LogP contribution in [0.15, 0.2) is 42.6 Å². The molecule has 0 unspecified atom stereocenters. The molecule has 1 atom stereocenters. The molecule has 3 aromatic rings. The number of benzene rings is 2. The Morgan fingerprint density at radius 1 is 1.26 bits per heavy atom. The lowest BCUT2D eigenvalue weighted by molar-refractivity contribution is 0.180. The van der Waals surface area contributed by atoms with Crippen LogP contribution >= 0.6 is 11.3 Å². The maximum atomic E-state index is 13.3. The van der Waals surface area contributed by atoms with Gasteiger partial charge in [-0.05, 0) is 47.7 Å². The third-order valence-corrected chi connectivity index (χ3v) is 5.33. The summed E-state index contributed by atoms with van der Waals surface area (Å²) in [6.07, 6.45) is 3.12. The molecule has 1 heterocycles. The number of anilines is 1. The van der Waals surface area contributed by atoms with Crippen molar-refractivity contribution in [2.75, 3.05) is 5.73 Å². The second kappa shape index (κ2) is 5.44. The van der Waals surface area contributed by atoms with E-state index in [9.17, 15) is 9.50 Å². The summed E-state index contributed by atoms with van der Waals surface area (Å²) in [6.45, 7) is 0. The maximum Gasteiger partial charge on any atom is 0.146 e. The van der Waals surface area contributed by atoms with Crippen LogP contribution in [-0.2, 0) is 6.42 Å². The van der Waals surface area contributed by atoms with Gasteiger partial charge in [0.25, 0.3) is 0 Å². The molecule has 23 heavy (non-hydrogen) atoms. The molecule has 0 bridgehead atoms. The van der Waals surface area contributed by atoms with Gasteiger partial charge in [-0.15, -0.1) is 11.3 Å². The smallest absolute Gasteiger partial charge is 0.146 e. The van der Waals surface area contributed by atoms with E-state index in [1.165, 1.54) is 11.6 Å². The van der Waals surface area contributed by atoms with Gasteiger partial charge in [0.15, 0.2) is 0 Å². The van der Waals surface area contributed by atoms with Crippen molar-refractivity contribution in [3.8, 4) is 21.0 Å². The fraction of sp³-hybridized carbons (Fsp3) is 0.167. The van der Waals surface area contributed by atoms with E-state index in [1.54, 1.807) is 23.5 Å². The lowest BCUT2D eigenvalue weighted by Gasteiger charge is -2.07. The molecule has 0 amide bonds. The number of thiazole rings is 1. The number of nitrogen functional groups attached to an aromatic ring is 1. The SMILES string of the molecule is Nc1cc(-c2ncc(-c3cccc4c3CC[C@@H]4O)s2)ccc1F. The third kappa shape index (κ3) is 2.42. The fourth-order valence-electron chi connectivity index (χ4n) is 3.07. The van der Waals surface area contributed by atoms with Crippen LogP contribution in [0, 0.1) is 5.82 Å². The molecule has 1 aliphatic carbocycles. The Balaban J connectivity index is 1.76. The molecule has 4 rings (SSSR count). The molecule has 3 N–H and O–H groups in total. The molecular weight excluding hydrogens is 311 g/mol. The number of hydrogen-bond acceptors (Lipinski definition) is 4. The second-order valence-electron chi connectivity index (χ2n) is 5.69. The monoisotopic (exact) mass is 326 g/mol. The van der Waals surface area contributed by atoms with Crippen LogP contribution in [-0.4, -0.2) is 10.1 Å². The van der Waals surface area contributed by atoms with Crippen LogP contribution < -0.4 is 5.73 Å². The van der Waals surface area contributed by atoms with Gasteiger partial charge in [0.05, 0.1) is 16.7 Å². The summed E-state index contributed by atoms with van der Waals surface area (Å²) in [4.78, 5) is 5.51. The summed E-state index contributed by atoms with van der Waals surface area (Å²) < 4.78 is 13.3. The quantitative estimate of drug-likeness (QED) is 0.695. The van der Waals surface area contributed by atoms with Crippen LogP contribution in [0.3, 0.4) is 0 Å². The molecule has 2 aromatic carbocycles. The van der Waals surface area contributed by atoms with Gasteiger partial charge in [-0.3, -0.25) is 0 Å². The van der Waals surface area contributed by atoms with Gasteiger partial charge in [0.2, 0.25) is 0 Å². The van der Waals surface area contributed by atoms with Gasteiger partial charge in [-0.25, -0.2) is 9.37 Å². The zero-order valence-electron chi connectivity index (χ0n) is 12.3. The first-order chi connectivity index (χ1) is 11.1. The van der Waals surface area contributed by atoms with E-state index in [2.05, 4.69) is 11.1 Å². The number of aromatic nitrogens is 1. The predicted molar refractivity (Wildman–Crippen MR) is 90.6 cm³/mol. The number of hydrogen-bond donors (Lipinski definition) is 2. The normalized spacial score (nSPS) is 16.5. The average Bonchev–Trinajstić information content (AvgIpc) is 3.18. The first-order valence-corrected chi connectivity index (χ1v) is 8.26. The van der Waals surface area contributed by atoms with Crippen LogP contribution in [0.5, 0.6) is 0 Å². The minimum Gasteiger partial charge on any atom is -0.396 e. The minimum atomic E-state index is -0.416. The summed E-state index contributed by atoms with van der Waals surface area (Å²) in [7, 11) is 0. The van der Waals surface area contributed by atoms with Crippen molar-refractivity contribution >= 4 is 17.0 Å². The highest BCUT2D eigenvalue weighted by molar-refractivity contribution is 7.18.